The SMILES string of the molecule is CCN1CCO[C@@H](CNC(=O)c2cc(C#N)cn2C)[C@@H]1c1ccccc1. The quantitative estimate of drug-likeness (QED) is 0.894. The van der Waals surface area contributed by atoms with Crippen LogP contribution in [-0.2, 0) is 11.8 Å². The van der Waals surface area contributed by atoms with E-state index in [0.717, 1.165) is 13.1 Å². The lowest BCUT2D eigenvalue weighted by molar-refractivity contribution is -0.0685. The molecule has 1 saturated heterocycles. The summed E-state index contributed by atoms with van der Waals surface area (Å²) in [4.78, 5) is 14.9. The summed E-state index contributed by atoms with van der Waals surface area (Å²) >= 11 is 0. The van der Waals surface area contributed by atoms with Gasteiger partial charge < -0.3 is 14.6 Å². The van der Waals surface area contributed by atoms with Crippen molar-refractivity contribution in [1.29, 1.82) is 5.26 Å². The fourth-order valence-corrected chi connectivity index (χ4v) is 3.52. The summed E-state index contributed by atoms with van der Waals surface area (Å²) in [5.74, 6) is -0.196. The molecule has 1 fully saturated rings. The Labute approximate surface area is 154 Å². The van der Waals surface area contributed by atoms with Crippen molar-refractivity contribution in [2.24, 2.45) is 7.05 Å². The standard InChI is InChI=1S/C20H24N4O2/c1-3-24-9-10-26-18(19(24)16-7-5-4-6-8-16)13-22-20(25)17-11-15(12-21)14-23(17)2/h4-8,11,14,18-19H,3,9-10,13H2,1-2H3,(H,22,25)/t18-,19-/m0/s1. The average molecular weight is 352 g/mol. The van der Waals surface area contributed by atoms with Crippen LogP contribution in [0.15, 0.2) is 42.6 Å². The molecule has 2 atom stereocenters. The molecule has 26 heavy (non-hydrogen) atoms. The largest absolute Gasteiger partial charge is 0.373 e. The molecule has 0 unspecified atom stereocenters. The summed E-state index contributed by atoms with van der Waals surface area (Å²) in [5, 5.41) is 12.0. The fourth-order valence-electron chi connectivity index (χ4n) is 3.52. The summed E-state index contributed by atoms with van der Waals surface area (Å²) in [6.45, 7) is 5.02. The Morgan fingerprint density at radius 3 is 2.81 bits per heavy atom. The van der Waals surface area contributed by atoms with Gasteiger partial charge in [0, 0.05) is 26.3 Å². The van der Waals surface area contributed by atoms with E-state index >= 15 is 0 Å². The van der Waals surface area contributed by atoms with Crippen molar-refractivity contribution in [3.8, 4) is 6.07 Å². The van der Waals surface area contributed by atoms with Crippen LogP contribution in [0, 0.1) is 11.3 Å². The molecular weight excluding hydrogens is 328 g/mol. The van der Waals surface area contributed by atoms with Gasteiger partial charge in [-0.3, -0.25) is 9.69 Å². The molecule has 136 valence electrons. The van der Waals surface area contributed by atoms with Crippen molar-refractivity contribution >= 4 is 5.91 Å². The van der Waals surface area contributed by atoms with Gasteiger partial charge in [-0.15, -0.1) is 0 Å². The molecule has 3 rings (SSSR count). The molecule has 1 aromatic carbocycles. The number of nitrogens with one attached hydrogen (secondary N) is 1. The fraction of sp³-hybridized carbons (Fsp3) is 0.400. The van der Waals surface area contributed by atoms with Crippen LogP contribution in [0.25, 0.3) is 0 Å². The molecule has 0 bridgehead atoms. The van der Waals surface area contributed by atoms with Gasteiger partial charge in [0.15, 0.2) is 0 Å². The second kappa shape index (κ2) is 8.17. The number of rotatable bonds is 5. The minimum absolute atomic E-state index is 0.110. The van der Waals surface area contributed by atoms with Gasteiger partial charge in [0.2, 0.25) is 0 Å². The number of likely N-dealkylation sites (N-methyl/N-ethyl adjacent to an activating group) is 1. The van der Waals surface area contributed by atoms with Crippen LogP contribution in [0.2, 0.25) is 0 Å². The number of amides is 1. The first kappa shape index (κ1) is 18.2. The number of carbonyl (C=O) groups is 1. The van der Waals surface area contributed by atoms with E-state index in [1.54, 1.807) is 23.9 Å². The van der Waals surface area contributed by atoms with E-state index in [-0.39, 0.29) is 18.1 Å². The van der Waals surface area contributed by atoms with E-state index in [9.17, 15) is 4.79 Å². The smallest absolute Gasteiger partial charge is 0.268 e. The van der Waals surface area contributed by atoms with E-state index in [1.807, 2.05) is 18.2 Å². The maximum Gasteiger partial charge on any atom is 0.268 e. The van der Waals surface area contributed by atoms with Gasteiger partial charge in [-0.1, -0.05) is 37.3 Å². The average Bonchev–Trinajstić information content (AvgIpc) is 3.07. The van der Waals surface area contributed by atoms with Crippen molar-refractivity contribution in [2.75, 3.05) is 26.2 Å². The van der Waals surface area contributed by atoms with Gasteiger partial charge in [-0.25, -0.2) is 0 Å². The van der Waals surface area contributed by atoms with Gasteiger partial charge in [0.1, 0.15) is 11.8 Å². The number of nitrogens with zero attached hydrogens (tertiary/aromatic N) is 3. The molecule has 1 aromatic heterocycles. The number of aryl methyl sites for hydroxylation is 1. The van der Waals surface area contributed by atoms with Crippen molar-refractivity contribution in [3.63, 3.8) is 0 Å². The minimum atomic E-state index is -0.196. The zero-order chi connectivity index (χ0) is 18.5. The third kappa shape index (κ3) is 3.79. The van der Waals surface area contributed by atoms with E-state index in [0.29, 0.717) is 24.4 Å². The molecule has 0 saturated carbocycles. The van der Waals surface area contributed by atoms with Gasteiger partial charge in [0.05, 0.1) is 24.3 Å². The Morgan fingerprint density at radius 2 is 2.15 bits per heavy atom. The van der Waals surface area contributed by atoms with Crippen LogP contribution in [0.3, 0.4) is 0 Å². The lowest BCUT2D eigenvalue weighted by Gasteiger charge is -2.41. The van der Waals surface area contributed by atoms with E-state index < -0.39 is 0 Å². The highest BCUT2D eigenvalue weighted by Gasteiger charge is 2.33. The summed E-state index contributed by atoms with van der Waals surface area (Å²) in [7, 11) is 1.76. The lowest BCUT2D eigenvalue weighted by atomic mass is 9.98. The second-order valence-corrected chi connectivity index (χ2v) is 6.44. The third-order valence-electron chi connectivity index (χ3n) is 4.83. The number of morpholine rings is 1. The first-order chi connectivity index (χ1) is 12.6. The first-order valence-corrected chi connectivity index (χ1v) is 8.89. The third-order valence-corrected chi connectivity index (χ3v) is 4.83. The monoisotopic (exact) mass is 352 g/mol. The van der Waals surface area contributed by atoms with Crippen LogP contribution in [0.5, 0.6) is 0 Å². The van der Waals surface area contributed by atoms with E-state index in [1.165, 1.54) is 5.56 Å². The van der Waals surface area contributed by atoms with Gasteiger partial charge in [-0.2, -0.15) is 5.26 Å². The first-order valence-electron chi connectivity index (χ1n) is 8.89. The Balaban J connectivity index is 1.73. The maximum absolute atomic E-state index is 12.5. The number of nitriles is 1. The molecular formula is C20H24N4O2. The number of ether oxygens (including phenoxy) is 1. The van der Waals surface area contributed by atoms with Crippen molar-refractivity contribution in [3.05, 3.63) is 59.4 Å². The highest BCUT2D eigenvalue weighted by atomic mass is 16.5. The van der Waals surface area contributed by atoms with E-state index in [2.05, 4.69) is 35.3 Å². The Hall–Kier alpha value is -2.62. The van der Waals surface area contributed by atoms with Gasteiger partial charge >= 0.3 is 0 Å². The Morgan fingerprint density at radius 1 is 1.38 bits per heavy atom. The van der Waals surface area contributed by atoms with Crippen LogP contribution < -0.4 is 5.32 Å². The predicted molar refractivity (Wildman–Crippen MR) is 98.6 cm³/mol. The number of aromatic nitrogens is 1. The molecule has 0 aliphatic carbocycles. The van der Waals surface area contributed by atoms with Crippen LogP contribution in [0.4, 0.5) is 0 Å². The van der Waals surface area contributed by atoms with Gasteiger partial charge in [0.25, 0.3) is 5.91 Å². The van der Waals surface area contributed by atoms with Crippen molar-refractivity contribution in [2.45, 2.75) is 19.1 Å². The summed E-state index contributed by atoms with van der Waals surface area (Å²) in [5.41, 5.74) is 2.14. The number of hydrogen-bond donors (Lipinski definition) is 1. The minimum Gasteiger partial charge on any atom is -0.373 e. The zero-order valence-electron chi connectivity index (χ0n) is 15.2. The summed E-state index contributed by atoms with van der Waals surface area (Å²) in [6, 6.07) is 14.0. The van der Waals surface area contributed by atoms with Crippen LogP contribution in [-0.4, -0.2) is 47.7 Å². The Bertz CT molecular complexity index is 794. The number of hydrogen-bond acceptors (Lipinski definition) is 4. The van der Waals surface area contributed by atoms with Crippen LogP contribution in [0.1, 0.15) is 34.6 Å². The van der Waals surface area contributed by atoms with E-state index in [4.69, 9.17) is 10.00 Å². The van der Waals surface area contributed by atoms with Crippen LogP contribution >= 0.6 is 0 Å². The maximum atomic E-state index is 12.5. The highest BCUT2D eigenvalue weighted by molar-refractivity contribution is 5.93. The molecule has 1 amide bonds. The topological polar surface area (TPSA) is 70.3 Å². The normalized spacial score (nSPS) is 20.5. The molecule has 6 nitrogen and oxygen atoms in total. The zero-order valence-corrected chi connectivity index (χ0v) is 15.2. The lowest BCUT2D eigenvalue weighted by Crippen LogP contribution is -2.49. The molecule has 2 heterocycles. The predicted octanol–water partition coefficient (Wildman–Crippen LogP) is 2.09. The molecule has 1 aliphatic rings. The van der Waals surface area contributed by atoms with Crippen molar-refractivity contribution < 1.29 is 9.53 Å². The summed E-state index contributed by atoms with van der Waals surface area (Å²) in [6.07, 6.45) is 1.53. The molecule has 2 aromatic rings. The van der Waals surface area contributed by atoms with Gasteiger partial charge in [-0.05, 0) is 18.2 Å². The second-order valence-electron chi connectivity index (χ2n) is 6.44. The summed E-state index contributed by atoms with van der Waals surface area (Å²) < 4.78 is 7.67. The number of benzene rings is 1. The molecule has 1 aliphatic heterocycles. The molecule has 6 heteroatoms. The molecule has 0 spiro atoms. The van der Waals surface area contributed by atoms with Crippen molar-refractivity contribution in [1.82, 2.24) is 14.8 Å². The molecule has 0 radical (unpaired) electrons. The highest BCUT2D eigenvalue weighted by Crippen LogP contribution is 2.29. The molecule has 1 N–H and O–H groups in total. The number of carbonyl (C=O) groups excluding carboxylic acids is 1. The Kier molecular flexibility index (Phi) is 5.71.